The number of benzene rings is 1. The molecule has 2 N–H and O–H groups in total. The zero-order chi connectivity index (χ0) is 16.5. The third-order valence-electron chi connectivity index (χ3n) is 6.12. The summed E-state index contributed by atoms with van der Waals surface area (Å²) < 4.78 is 0. The van der Waals surface area contributed by atoms with Crippen molar-refractivity contribution in [1.29, 1.82) is 0 Å². The van der Waals surface area contributed by atoms with Crippen LogP contribution in [0.15, 0.2) is 30.3 Å². The van der Waals surface area contributed by atoms with Gasteiger partial charge in [-0.25, -0.2) is 5.48 Å². The van der Waals surface area contributed by atoms with Crippen molar-refractivity contribution >= 4 is 12.0 Å². The highest BCUT2D eigenvalue weighted by atomic mass is 16.5. The lowest BCUT2D eigenvalue weighted by atomic mass is 9.68. The average Bonchev–Trinajstić information content (AvgIpc) is 2.77. The van der Waals surface area contributed by atoms with E-state index in [1.165, 1.54) is 50.3 Å². The second-order valence-electron chi connectivity index (χ2n) is 7.91. The van der Waals surface area contributed by atoms with Gasteiger partial charge in [-0.3, -0.25) is 14.9 Å². The Morgan fingerprint density at radius 2 is 1.75 bits per heavy atom. The largest absolute Gasteiger partial charge is 0.296 e. The fourth-order valence-electron chi connectivity index (χ4n) is 5.25. The van der Waals surface area contributed by atoms with E-state index in [2.05, 4.69) is 17.0 Å². The molecule has 24 heavy (non-hydrogen) atoms. The predicted octanol–water partition coefficient (Wildman–Crippen LogP) is 3.22. The first-order valence-electron chi connectivity index (χ1n) is 9.14. The van der Waals surface area contributed by atoms with Crippen molar-refractivity contribution in [3.8, 4) is 0 Å². The first-order valence-corrected chi connectivity index (χ1v) is 9.14. The summed E-state index contributed by atoms with van der Waals surface area (Å²) in [6, 6.07) is 9.18. The molecule has 2 saturated heterocycles. The number of nitrogens with zero attached hydrogens (tertiary/aromatic N) is 1. The molecule has 4 heteroatoms. The third-order valence-corrected chi connectivity index (χ3v) is 6.12. The number of fused-ring (bicyclic) bond motifs is 1. The van der Waals surface area contributed by atoms with Crippen LogP contribution in [0.5, 0.6) is 0 Å². The Labute approximate surface area is 143 Å². The molecule has 1 aromatic carbocycles. The van der Waals surface area contributed by atoms with Crippen molar-refractivity contribution in [2.45, 2.75) is 44.7 Å². The molecule has 4 aliphatic rings. The number of rotatable bonds is 4. The maximum atomic E-state index is 11.0. The molecule has 4 nitrogen and oxygen atoms in total. The van der Waals surface area contributed by atoms with Gasteiger partial charge >= 0.3 is 0 Å². The molecular weight excluding hydrogens is 300 g/mol. The normalized spacial score (nSPS) is 32.2. The van der Waals surface area contributed by atoms with Gasteiger partial charge in [0.15, 0.2) is 0 Å². The minimum absolute atomic E-state index is 0.505. The molecule has 0 aromatic heterocycles. The molecule has 4 fully saturated rings. The smallest absolute Gasteiger partial charge is 0.267 e. The highest BCUT2D eigenvalue weighted by Gasteiger charge is 2.42. The molecule has 0 spiro atoms. The van der Waals surface area contributed by atoms with Crippen LogP contribution in [0.4, 0.5) is 0 Å². The molecule has 5 rings (SSSR count). The summed E-state index contributed by atoms with van der Waals surface area (Å²) in [6.45, 7) is 2.32. The summed E-state index contributed by atoms with van der Waals surface area (Å²) >= 11 is 0. The molecule has 2 unspecified atom stereocenters. The Morgan fingerprint density at radius 1 is 1.08 bits per heavy atom. The van der Waals surface area contributed by atoms with Gasteiger partial charge in [0.05, 0.1) is 0 Å². The lowest BCUT2D eigenvalue weighted by Crippen LogP contribution is -2.37. The van der Waals surface area contributed by atoms with E-state index in [0.29, 0.717) is 0 Å². The van der Waals surface area contributed by atoms with E-state index >= 15 is 0 Å². The molecule has 128 valence electrons. The number of carbonyl (C=O) groups excluding carboxylic acids is 1. The van der Waals surface area contributed by atoms with Crippen molar-refractivity contribution in [1.82, 2.24) is 10.4 Å². The van der Waals surface area contributed by atoms with Crippen LogP contribution in [0.2, 0.25) is 0 Å². The standard InChI is InChI=1S/C20H26N2O2/c23-20(21-24)6-5-14-1-3-15(4-2-14)12-22-13-18-8-16-7-17(9-18)11-19(22)10-16/h1-6,16-19,24H,7-13H2,(H,21,23)/b6-5+. The zero-order valence-electron chi connectivity index (χ0n) is 14.0. The fraction of sp³-hybridized carbons (Fsp3) is 0.550. The summed E-state index contributed by atoms with van der Waals surface area (Å²) in [6.07, 6.45) is 10.3. The van der Waals surface area contributed by atoms with Gasteiger partial charge in [0.25, 0.3) is 5.91 Å². The summed E-state index contributed by atoms with van der Waals surface area (Å²) in [4.78, 5) is 13.8. The number of hydroxylamine groups is 1. The summed E-state index contributed by atoms with van der Waals surface area (Å²) in [5.74, 6) is 2.39. The van der Waals surface area contributed by atoms with E-state index in [1.54, 1.807) is 11.6 Å². The van der Waals surface area contributed by atoms with Crippen molar-refractivity contribution in [3.63, 3.8) is 0 Å². The monoisotopic (exact) mass is 326 g/mol. The van der Waals surface area contributed by atoms with Crippen LogP contribution in [0.3, 0.4) is 0 Å². The van der Waals surface area contributed by atoms with Gasteiger partial charge in [-0.1, -0.05) is 24.3 Å². The molecule has 2 atom stereocenters. The topological polar surface area (TPSA) is 52.6 Å². The summed E-state index contributed by atoms with van der Waals surface area (Å²) in [5, 5.41) is 8.50. The second kappa shape index (κ2) is 6.69. The Balaban J connectivity index is 1.42. The van der Waals surface area contributed by atoms with Crippen LogP contribution < -0.4 is 5.48 Å². The van der Waals surface area contributed by atoms with Crippen molar-refractivity contribution < 1.29 is 10.0 Å². The first kappa shape index (κ1) is 15.9. The van der Waals surface area contributed by atoms with Gasteiger partial charge in [0, 0.05) is 25.2 Å². The van der Waals surface area contributed by atoms with E-state index in [0.717, 1.165) is 35.9 Å². The molecule has 1 aromatic rings. The molecule has 4 bridgehead atoms. The van der Waals surface area contributed by atoms with E-state index in [4.69, 9.17) is 5.21 Å². The molecule has 2 heterocycles. The maximum absolute atomic E-state index is 11.0. The van der Waals surface area contributed by atoms with E-state index < -0.39 is 5.91 Å². The van der Waals surface area contributed by atoms with Gasteiger partial charge in [-0.15, -0.1) is 0 Å². The fourth-order valence-corrected chi connectivity index (χ4v) is 5.25. The van der Waals surface area contributed by atoms with E-state index in [1.807, 2.05) is 12.1 Å². The SMILES string of the molecule is O=C(/C=C/c1ccc(CN2CC3CC4CC(C3)CC2C4)cc1)NO. The zero-order valence-corrected chi connectivity index (χ0v) is 14.0. The molecule has 1 amide bonds. The van der Waals surface area contributed by atoms with Gasteiger partial charge < -0.3 is 0 Å². The van der Waals surface area contributed by atoms with E-state index in [9.17, 15) is 4.79 Å². The van der Waals surface area contributed by atoms with Gasteiger partial charge in [0.1, 0.15) is 0 Å². The molecule has 0 radical (unpaired) electrons. The molecule has 2 saturated carbocycles. The Morgan fingerprint density at radius 3 is 2.42 bits per heavy atom. The highest BCUT2D eigenvalue weighted by Crippen LogP contribution is 2.47. The van der Waals surface area contributed by atoms with Gasteiger partial charge in [-0.2, -0.15) is 0 Å². The number of amides is 1. The van der Waals surface area contributed by atoms with Crippen LogP contribution in [0.25, 0.3) is 6.08 Å². The number of hydrogen-bond acceptors (Lipinski definition) is 3. The molecule has 2 aliphatic carbocycles. The quantitative estimate of drug-likeness (QED) is 0.507. The Bertz CT molecular complexity index is 611. The van der Waals surface area contributed by atoms with Gasteiger partial charge in [-0.05, 0) is 67.1 Å². The number of hydrogen-bond donors (Lipinski definition) is 2. The second-order valence-corrected chi connectivity index (χ2v) is 7.91. The minimum atomic E-state index is -0.505. The minimum Gasteiger partial charge on any atom is -0.296 e. The van der Waals surface area contributed by atoms with E-state index in [-0.39, 0.29) is 0 Å². The van der Waals surface area contributed by atoms with Crippen molar-refractivity contribution in [2.75, 3.05) is 6.54 Å². The summed E-state index contributed by atoms with van der Waals surface area (Å²) in [7, 11) is 0. The lowest BCUT2D eigenvalue weighted by Gasteiger charge is -2.39. The average molecular weight is 326 g/mol. The van der Waals surface area contributed by atoms with Crippen LogP contribution in [0, 0.1) is 17.8 Å². The molecule has 2 aliphatic heterocycles. The first-order chi connectivity index (χ1) is 11.7. The molecular formula is C20H26N2O2. The third kappa shape index (κ3) is 3.40. The van der Waals surface area contributed by atoms with Crippen molar-refractivity contribution in [3.05, 3.63) is 41.5 Å². The van der Waals surface area contributed by atoms with Gasteiger partial charge in [0.2, 0.25) is 0 Å². The Kier molecular flexibility index (Phi) is 4.42. The number of carbonyl (C=O) groups is 1. The summed E-state index contributed by atoms with van der Waals surface area (Å²) in [5.41, 5.74) is 3.92. The van der Waals surface area contributed by atoms with Crippen LogP contribution in [-0.4, -0.2) is 28.6 Å². The maximum Gasteiger partial charge on any atom is 0.267 e. The predicted molar refractivity (Wildman–Crippen MR) is 93.2 cm³/mol. The number of nitrogens with one attached hydrogen (secondary N) is 1. The van der Waals surface area contributed by atoms with Crippen LogP contribution in [-0.2, 0) is 11.3 Å². The highest BCUT2D eigenvalue weighted by molar-refractivity contribution is 5.90. The Hall–Kier alpha value is -1.65. The lowest BCUT2D eigenvalue weighted by molar-refractivity contribution is -0.124. The van der Waals surface area contributed by atoms with Crippen LogP contribution in [0.1, 0.15) is 43.2 Å². The van der Waals surface area contributed by atoms with Crippen LogP contribution >= 0.6 is 0 Å². The van der Waals surface area contributed by atoms with Crippen molar-refractivity contribution in [2.24, 2.45) is 17.8 Å².